The van der Waals surface area contributed by atoms with Gasteiger partial charge in [-0.25, -0.2) is 0 Å². The fourth-order valence-corrected chi connectivity index (χ4v) is 2.86. The lowest BCUT2D eigenvalue weighted by molar-refractivity contribution is -0.384. The zero-order valence-corrected chi connectivity index (χ0v) is 13.6. The minimum absolute atomic E-state index is 0.0837. The Hall–Kier alpha value is -3.22. The van der Waals surface area contributed by atoms with Crippen molar-refractivity contribution in [3.63, 3.8) is 0 Å². The number of nitrogens with one attached hydrogen (secondary N) is 1. The minimum Gasteiger partial charge on any atom is -0.326 e. The second-order valence-electron chi connectivity index (χ2n) is 5.99. The molecule has 1 unspecified atom stereocenters. The van der Waals surface area contributed by atoms with Gasteiger partial charge in [-0.05, 0) is 24.6 Å². The van der Waals surface area contributed by atoms with E-state index >= 15 is 0 Å². The zero-order valence-electron chi connectivity index (χ0n) is 13.6. The first-order valence-electron chi connectivity index (χ1n) is 7.87. The SMILES string of the molecule is Cc1ccccc1NC(=O)C1CC(=O)N(c2cccc([N+](=O)[O-])c2)C1. The molecule has 0 aromatic heterocycles. The Balaban J connectivity index is 1.74. The maximum atomic E-state index is 12.5. The number of hydrogen-bond donors (Lipinski definition) is 1. The highest BCUT2D eigenvalue weighted by Crippen LogP contribution is 2.28. The summed E-state index contributed by atoms with van der Waals surface area (Å²) in [6.45, 7) is 2.10. The van der Waals surface area contributed by atoms with Crippen molar-refractivity contribution < 1.29 is 14.5 Å². The highest BCUT2D eigenvalue weighted by atomic mass is 16.6. The smallest absolute Gasteiger partial charge is 0.271 e. The number of para-hydroxylation sites is 1. The van der Waals surface area contributed by atoms with E-state index < -0.39 is 10.8 Å². The summed E-state index contributed by atoms with van der Waals surface area (Å²) in [5.74, 6) is -0.938. The third kappa shape index (κ3) is 3.50. The number of carbonyl (C=O) groups excluding carboxylic acids is 2. The second kappa shape index (κ2) is 6.72. The molecule has 1 atom stereocenters. The van der Waals surface area contributed by atoms with Gasteiger partial charge in [0.15, 0.2) is 0 Å². The van der Waals surface area contributed by atoms with E-state index in [1.807, 2.05) is 31.2 Å². The van der Waals surface area contributed by atoms with Crippen molar-refractivity contribution in [1.82, 2.24) is 0 Å². The van der Waals surface area contributed by atoms with Gasteiger partial charge >= 0.3 is 0 Å². The topological polar surface area (TPSA) is 92.6 Å². The number of hydrogen-bond acceptors (Lipinski definition) is 4. The molecule has 0 aliphatic carbocycles. The summed E-state index contributed by atoms with van der Waals surface area (Å²) in [7, 11) is 0. The Labute approximate surface area is 144 Å². The molecule has 1 N–H and O–H groups in total. The predicted octanol–water partition coefficient (Wildman–Crippen LogP) is 2.89. The summed E-state index contributed by atoms with van der Waals surface area (Å²) < 4.78 is 0. The fourth-order valence-electron chi connectivity index (χ4n) is 2.86. The van der Waals surface area contributed by atoms with Gasteiger partial charge in [0.1, 0.15) is 0 Å². The van der Waals surface area contributed by atoms with Crippen molar-refractivity contribution in [3.05, 3.63) is 64.2 Å². The number of rotatable bonds is 4. The normalized spacial score (nSPS) is 16.8. The molecule has 2 aromatic carbocycles. The molecule has 1 aliphatic rings. The number of amides is 2. The van der Waals surface area contributed by atoms with Crippen LogP contribution in [0.4, 0.5) is 17.1 Å². The molecule has 1 aliphatic heterocycles. The lowest BCUT2D eigenvalue weighted by Gasteiger charge is -2.16. The van der Waals surface area contributed by atoms with Crippen LogP contribution in [-0.2, 0) is 9.59 Å². The van der Waals surface area contributed by atoms with Gasteiger partial charge < -0.3 is 10.2 Å². The van der Waals surface area contributed by atoms with Crippen molar-refractivity contribution in [1.29, 1.82) is 0 Å². The van der Waals surface area contributed by atoms with E-state index in [1.54, 1.807) is 6.07 Å². The van der Waals surface area contributed by atoms with Gasteiger partial charge in [0.25, 0.3) is 5.69 Å². The Morgan fingerprint density at radius 3 is 2.72 bits per heavy atom. The third-order valence-electron chi connectivity index (χ3n) is 4.25. The summed E-state index contributed by atoms with van der Waals surface area (Å²) in [6.07, 6.45) is 0.0837. The van der Waals surface area contributed by atoms with E-state index in [0.29, 0.717) is 11.4 Å². The molecular weight excluding hydrogens is 322 g/mol. The molecular formula is C18H17N3O4. The van der Waals surface area contributed by atoms with Gasteiger partial charge in [0.2, 0.25) is 11.8 Å². The van der Waals surface area contributed by atoms with Gasteiger partial charge in [-0.2, -0.15) is 0 Å². The molecule has 3 rings (SSSR count). The Bertz CT molecular complexity index is 850. The van der Waals surface area contributed by atoms with E-state index in [1.165, 1.54) is 23.1 Å². The predicted molar refractivity (Wildman–Crippen MR) is 93.4 cm³/mol. The van der Waals surface area contributed by atoms with Gasteiger partial charge in [0.05, 0.1) is 16.5 Å². The first kappa shape index (κ1) is 16.6. The highest BCUT2D eigenvalue weighted by Gasteiger charge is 2.35. The van der Waals surface area contributed by atoms with Crippen LogP contribution in [0.25, 0.3) is 0 Å². The minimum atomic E-state index is -0.508. The van der Waals surface area contributed by atoms with Crippen LogP contribution < -0.4 is 10.2 Å². The third-order valence-corrected chi connectivity index (χ3v) is 4.25. The standard InChI is InChI=1S/C18H17N3O4/c1-12-5-2-3-8-16(12)19-18(23)13-9-17(22)20(11-13)14-6-4-7-15(10-14)21(24)25/h2-8,10,13H,9,11H2,1H3,(H,19,23). The van der Waals surface area contributed by atoms with Crippen LogP contribution in [-0.4, -0.2) is 23.3 Å². The van der Waals surface area contributed by atoms with Gasteiger partial charge in [0, 0.05) is 30.8 Å². The molecule has 7 nitrogen and oxygen atoms in total. The number of nitrogens with zero attached hydrogens (tertiary/aromatic N) is 2. The maximum absolute atomic E-state index is 12.5. The van der Waals surface area contributed by atoms with Gasteiger partial charge in [-0.15, -0.1) is 0 Å². The second-order valence-corrected chi connectivity index (χ2v) is 5.99. The molecule has 1 heterocycles. The average Bonchev–Trinajstić information content (AvgIpc) is 2.99. The van der Waals surface area contributed by atoms with Crippen LogP contribution in [0, 0.1) is 23.0 Å². The maximum Gasteiger partial charge on any atom is 0.271 e. The summed E-state index contributed by atoms with van der Waals surface area (Å²) in [6, 6.07) is 13.3. The Kier molecular flexibility index (Phi) is 4.47. The number of anilines is 2. The summed E-state index contributed by atoms with van der Waals surface area (Å²) in [5, 5.41) is 13.7. The fraction of sp³-hybridized carbons (Fsp3) is 0.222. The summed E-state index contributed by atoms with van der Waals surface area (Å²) in [4.78, 5) is 36.5. The van der Waals surface area contributed by atoms with Crippen LogP contribution in [0.2, 0.25) is 0 Å². The molecule has 0 bridgehead atoms. The molecule has 2 amide bonds. The monoisotopic (exact) mass is 339 g/mol. The van der Waals surface area contributed by atoms with E-state index in [9.17, 15) is 19.7 Å². The molecule has 1 saturated heterocycles. The Morgan fingerprint density at radius 1 is 1.24 bits per heavy atom. The van der Waals surface area contributed by atoms with Crippen molar-refractivity contribution in [2.45, 2.75) is 13.3 Å². The van der Waals surface area contributed by atoms with Crippen LogP contribution in [0.15, 0.2) is 48.5 Å². The van der Waals surface area contributed by atoms with E-state index in [0.717, 1.165) is 5.56 Å². The van der Waals surface area contributed by atoms with E-state index in [-0.39, 0.29) is 30.5 Å². The number of carbonyl (C=O) groups is 2. The first-order chi connectivity index (χ1) is 12.0. The number of benzene rings is 2. The van der Waals surface area contributed by atoms with Gasteiger partial charge in [-0.1, -0.05) is 24.3 Å². The number of nitro benzene ring substituents is 1. The summed E-state index contributed by atoms with van der Waals surface area (Å²) >= 11 is 0. The van der Waals surface area contributed by atoms with Crippen LogP contribution >= 0.6 is 0 Å². The molecule has 0 radical (unpaired) electrons. The summed E-state index contributed by atoms with van der Waals surface area (Å²) in [5.41, 5.74) is 2.01. The molecule has 7 heteroatoms. The molecule has 0 saturated carbocycles. The molecule has 1 fully saturated rings. The van der Waals surface area contributed by atoms with Crippen LogP contribution in [0.1, 0.15) is 12.0 Å². The van der Waals surface area contributed by atoms with Crippen LogP contribution in [0.3, 0.4) is 0 Å². The van der Waals surface area contributed by atoms with Crippen molar-refractivity contribution in [3.8, 4) is 0 Å². The molecule has 25 heavy (non-hydrogen) atoms. The molecule has 0 spiro atoms. The van der Waals surface area contributed by atoms with Gasteiger partial charge in [-0.3, -0.25) is 19.7 Å². The largest absolute Gasteiger partial charge is 0.326 e. The molecule has 2 aromatic rings. The lowest BCUT2D eigenvalue weighted by atomic mass is 10.1. The van der Waals surface area contributed by atoms with E-state index in [4.69, 9.17) is 0 Å². The number of non-ortho nitro benzene ring substituents is 1. The Morgan fingerprint density at radius 2 is 2.00 bits per heavy atom. The van der Waals surface area contributed by atoms with Crippen molar-refractivity contribution in [2.24, 2.45) is 5.92 Å². The van der Waals surface area contributed by atoms with Crippen LogP contribution in [0.5, 0.6) is 0 Å². The quantitative estimate of drug-likeness (QED) is 0.685. The first-order valence-corrected chi connectivity index (χ1v) is 7.87. The van der Waals surface area contributed by atoms with E-state index in [2.05, 4.69) is 5.32 Å². The lowest BCUT2D eigenvalue weighted by Crippen LogP contribution is -2.28. The average molecular weight is 339 g/mol. The van der Waals surface area contributed by atoms with Crippen molar-refractivity contribution in [2.75, 3.05) is 16.8 Å². The highest BCUT2D eigenvalue weighted by molar-refractivity contribution is 6.03. The van der Waals surface area contributed by atoms with Crippen molar-refractivity contribution >= 4 is 28.9 Å². The number of nitro groups is 1. The molecule has 128 valence electrons. The number of aryl methyl sites for hydroxylation is 1. The zero-order chi connectivity index (χ0) is 18.0.